The first-order valence-corrected chi connectivity index (χ1v) is 10.9. The summed E-state index contributed by atoms with van der Waals surface area (Å²) in [5.74, 6) is -2.02. The molecular weight excluding hydrogens is 386 g/mol. The van der Waals surface area contributed by atoms with Crippen molar-refractivity contribution in [1.82, 2.24) is 0 Å². The van der Waals surface area contributed by atoms with E-state index in [1.54, 1.807) is 0 Å². The van der Waals surface area contributed by atoms with Crippen LogP contribution in [0.3, 0.4) is 0 Å². The fourth-order valence-corrected chi connectivity index (χ4v) is 2.97. The SMILES string of the molecule is C[N+](C)(C)CC(CC(=O)O)OC(=O)CCCC/C=C/C=C/CCCCCCC(=O)O. The number of quaternary nitrogens is 1. The molecule has 0 aromatic carbocycles. The molecule has 0 rings (SSSR count). The van der Waals surface area contributed by atoms with Crippen LogP contribution in [0.1, 0.15) is 70.6 Å². The number of ether oxygens (including phenoxy) is 1. The van der Waals surface area contributed by atoms with E-state index in [-0.39, 0.29) is 18.8 Å². The second-order valence-corrected chi connectivity index (χ2v) is 8.63. The van der Waals surface area contributed by atoms with Crippen LogP contribution in [-0.4, -0.2) is 66.4 Å². The molecule has 0 aliphatic rings. The molecule has 0 aromatic heterocycles. The standard InChI is InChI=1S/C23H39NO6/c1-24(2,3)19-20(18-22(27)28)30-23(29)17-15-13-11-9-7-5-4-6-8-10-12-14-16-21(25)26/h4-5,7,9,20H,6,8,10-19H2,1-3H3,(H-,25,26,27,28)/p+1/b5-4+,9-7+. The van der Waals surface area contributed by atoms with Crippen molar-refractivity contribution in [3.63, 3.8) is 0 Å². The largest absolute Gasteiger partial charge is 0.481 e. The average molecular weight is 427 g/mol. The van der Waals surface area contributed by atoms with Gasteiger partial charge in [-0.25, -0.2) is 0 Å². The summed E-state index contributed by atoms with van der Waals surface area (Å²) in [5, 5.41) is 17.5. The summed E-state index contributed by atoms with van der Waals surface area (Å²) in [6, 6.07) is 0. The monoisotopic (exact) mass is 426 g/mol. The van der Waals surface area contributed by atoms with Gasteiger partial charge in [0.05, 0.1) is 27.6 Å². The van der Waals surface area contributed by atoms with Crippen molar-refractivity contribution in [3.8, 4) is 0 Å². The number of carbonyl (C=O) groups is 3. The number of esters is 1. The number of allylic oxidation sites excluding steroid dienone is 4. The molecule has 1 atom stereocenters. The highest BCUT2D eigenvalue weighted by Crippen LogP contribution is 2.09. The number of carboxylic acid groups (broad SMARTS) is 2. The maximum Gasteiger partial charge on any atom is 0.307 e. The highest BCUT2D eigenvalue weighted by Gasteiger charge is 2.24. The number of nitrogens with zero attached hydrogens (tertiary/aromatic N) is 1. The van der Waals surface area contributed by atoms with E-state index in [4.69, 9.17) is 14.9 Å². The molecule has 0 aromatic rings. The minimum absolute atomic E-state index is 0.168. The highest BCUT2D eigenvalue weighted by atomic mass is 16.5. The van der Waals surface area contributed by atoms with Gasteiger partial charge in [0.2, 0.25) is 0 Å². The summed E-state index contributed by atoms with van der Waals surface area (Å²) in [7, 11) is 5.81. The van der Waals surface area contributed by atoms with Crippen molar-refractivity contribution in [2.24, 2.45) is 0 Å². The van der Waals surface area contributed by atoms with E-state index in [1.807, 2.05) is 33.3 Å². The zero-order valence-corrected chi connectivity index (χ0v) is 18.8. The lowest BCUT2D eigenvalue weighted by molar-refractivity contribution is -0.873. The first-order valence-electron chi connectivity index (χ1n) is 10.9. The van der Waals surface area contributed by atoms with Gasteiger partial charge in [-0.05, 0) is 38.5 Å². The Bertz CT molecular complexity index is 563. The topological polar surface area (TPSA) is 101 Å². The van der Waals surface area contributed by atoms with Crippen LogP contribution in [0.4, 0.5) is 0 Å². The Morgan fingerprint density at radius 1 is 0.800 bits per heavy atom. The van der Waals surface area contributed by atoms with Crippen molar-refractivity contribution in [1.29, 1.82) is 0 Å². The van der Waals surface area contributed by atoms with E-state index in [2.05, 4.69) is 12.2 Å². The van der Waals surface area contributed by atoms with Gasteiger partial charge in [0, 0.05) is 12.8 Å². The predicted octanol–water partition coefficient (Wildman–Crippen LogP) is 4.18. The molecule has 172 valence electrons. The number of carboxylic acids is 2. The Morgan fingerprint density at radius 2 is 1.33 bits per heavy atom. The molecule has 0 spiro atoms. The zero-order chi connectivity index (χ0) is 22.8. The highest BCUT2D eigenvalue weighted by molar-refractivity contribution is 5.71. The summed E-state index contributed by atoms with van der Waals surface area (Å²) >= 11 is 0. The first-order chi connectivity index (χ1) is 14.1. The zero-order valence-electron chi connectivity index (χ0n) is 18.8. The van der Waals surface area contributed by atoms with Gasteiger partial charge in [-0.1, -0.05) is 37.1 Å². The van der Waals surface area contributed by atoms with E-state index < -0.39 is 18.0 Å². The van der Waals surface area contributed by atoms with Gasteiger partial charge in [0.25, 0.3) is 0 Å². The van der Waals surface area contributed by atoms with Crippen LogP contribution < -0.4 is 0 Å². The first kappa shape index (κ1) is 27.8. The van der Waals surface area contributed by atoms with Crippen LogP contribution >= 0.6 is 0 Å². The molecule has 1 unspecified atom stereocenters. The van der Waals surface area contributed by atoms with Gasteiger partial charge in [-0.15, -0.1) is 0 Å². The number of hydrogen-bond donors (Lipinski definition) is 2. The molecular formula is C23H40NO6+. The van der Waals surface area contributed by atoms with Crippen LogP contribution in [0, 0.1) is 0 Å². The number of unbranched alkanes of at least 4 members (excludes halogenated alkanes) is 6. The number of likely N-dealkylation sites (N-methyl/N-ethyl adjacent to an activating group) is 1. The van der Waals surface area contributed by atoms with Crippen molar-refractivity contribution < 1.29 is 33.8 Å². The predicted molar refractivity (Wildman–Crippen MR) is 117 cm³/mol. The third kappa shape index (κ3) is 20.6. The van der Waals surface area contributed by atoms with Gasteiger partial charge in [-0.3, -0.25) is 14.4 Å². The molecule has 0 amide bonds. The molecule has 2 N–H and O–H groups in total. The second-order valence-electron chi connectivity index (χ2n) is 8.63. The van der Waals surface area contributed by atoms with Crippen LogP contribution in [0.25, 0.3) is 0 Å². The summed E-state index contributed by atoms with van der Waals surface area (Å²) in [4.78, 5) is 33.3. The molecule has 0 saturated carbocycles. The van der Waals surface area contributed by atoms with Gasteiger partial charge in [0.15, 0.2) is 6.10 Å². The van der Waals surface area contributed by atoms with E-state index >= 15 is 0 Å². The summed E-state index contributed by atoms with van der Waals surface area (Å²) in [5.41, 5.74) is 0. The van der Waals surface area contributed by atoms with Gasteiger partial charge in [-0.2, -0.15) is 0 Å². The fourth-order valence-electron chi connectivity index (χ4n) is 2.97. The third-order valence-electron chi connectivity index (χ3n) is 4.35. The van der Waals surface area contributed by atoms with E-state index in [0.717, 1.165) is 44.9 Å². The van der Waals surface area contributed by atoms with E-state index in [9.17, 15) is 14.4 Å². The van der Waals surface area contributed by atoms with Crippen LogP contribution in [-0.2, 0) is 19.1 Å². The number of rotatable bonds is 18. The van der Waals surface area contributed by atoms with Crippen molar-refractivity contribution in [3.05, 3.63) is 24.3 Å². The second kappa shape index (κ2) is 16.6. The molecule has 0 heterocycles. The molecule has 0 aliphatic heterocycles. The molecule has 0 radical (unpaired) electrons. The third-order valence-corrected chi connectivity index (χ3v) is 4.35. The Balaban J connectivity index is 3.81. The van der Waals surface area contributed by atoms with Crippen LogP contribution in [0.2, 0.25) is 0 Å². The van der Waals surface area contributed by atoms with Gasteiger partial charge >= 0.3 is 17.9 Å². The quantitative estimate of drug-likeness (QED) is 0.148. The van der Waals surface area contributed by atoms with Crippen LogP contribution in [0.15, 0.2) is 24.3 Å². The summed E-state index contributed by atoms with van der Waals surface area (Å²) in [6.07, 6.45) is 15.3. The van der Waals surface area contributed by atoms with E-state index in [0.29, 0.717) is 23.9 Å². The summed E-state index contributed by atoms with van der Waals surface area (Å²) < 4.78 is 5.90. The Labute approximate surface area is 181 Å². The molecule has 30 heavy (non-hydrogen) atoms. The van der Waals surface area contributed by atoms with E-state index in [1.165, 1.54) is 0 Å². The van der Waals surface area contributed by atoms with Gasteiger partial charge < -0.3 is 19.4 Å². The Morgan fingerprint density at radius 3 is 1.87 bits per heavy atom. The molecule has 0 fully saturated rings. The van der Waals surface area contributed by atoms with Crippen molar-refractivity contribution in [2.45, 2.75) is 76.7 Å². The molecule has 0 saturated heterocycles. The van der Waals surface area contributed by atoms with Gasteiger partial charge in [0.1, 0.15) is 6.54 Å². The maximum absolute atomic E-state index is 12.0. The normalized spacial score (nSPS) is 13.0. The molecule has 0 aliphatic carbocycles. The minimum atomic E-state index is -0.961. The number of carbonyl (C=O) groups excluding carboxylic acids is 1. The fraction of sp³-hybridized carbons (Fsp3) is 0.696. The smallest absolute Gasteiger partial charge is 0.307 e. The molecule has 7 nitrogen and oxygen atoms in total. The lowest BCUT2D eigenvalue weighted by atomic mass is 10.1. The number of aliphatic carboxylic acids is 2. The van der Waals surface area contributed by atoms with Crippen molar-refractivity contribution in [2.75, 3.05) is 27.7 Å². The number of hydrogen-bond acceptors (Lipinski definition) is 4. The average Bonchev–Trinajstić information content (AvgIpc) is 2.59. The summed E-state index contributed by atoms with van der Waals surface area (Å²) in [6.45, 7) is 0.468. The van der Waals surface area contributed by atoms with Crippen molar-refractivity contribution >= 4 is 17.9 Å². The van der Waals surface area contributed by atoms with Crippen LogP contribution in [0.5, 0.6) is 0 Å². The Kier molecular flexibility index (Phi) is 15.4. The molecule has 0 bridgehead atoms. The lowest BCUT2D eigenvalue weighted by Gasteiger charge is -2.28. The Hall–Kier alpha value is -2.15. The maximum atomic E-state index is 12.0. The molecule has 7 heteroatoms. The minimum Gasteiger partial charge on any atom is -0.481 e. The lowest BCUT2D eigenvalue weighted by Crippen LogP contribution is -2.43.